The SMILES string of the molecule is CSCC[C@H](NC(=O)c1ccccc1)C(=O)N1CC=C(c2c[nH]c3ccccc23)CC1. The molecule has 31 heavy (non-hydrogen) atoms. The Kier molecular flexibility index (Phi) is 6.77. The lowest BCUT2D eigenvalue weighted by Gasteiger charge is -2.30. The van der Waals surface area contributed by atoms with Gasteiger partial charge in [0.05, 0.1) is 0 Å². The van der Waals surface area contributed by atoms with Crippen LogP contribution in [0.2, 0.25) is 0 Å². The van der Waals surface area contributed by atoms with Crippen molar-refractivity contribution in [3.63, 3.8) is 0 Å². The highest BCUT2D eigenvalue weighted by Gasteiger charge is 2.27. The molecule has 160 valence electrons. The van der Waals surface area contributed by atoms with Crippen molar-refractivity contribution in [2.45, 2.75) is 18.9 Å². The fraction of sp³-hybridized carbons (Fsp3) is 0.280. The zero-order chi connectivity index (χ0) is 21.6. The fourth-order valence-electron chi connectivity index (χ4n) is 4.00. The topological polar surface area (TPSA) is 65.2 Å². The average Bonchev–Trinajstić information content (AvgIpc) is 3.26. The van der Waals surface area contributed by atoms with Gasteiger partial charge in [0.2, 0.25) is 5.91 Å². The van der Waals surface area contributed by atoms with Gasteiger partial charge in [0.1, 0.15) is 6.04 Å². The van der Waals surface area contributed by atoms with Crippen molar-refractivity contribution >= 4 is 40.1 Å². The normalized spacial score (nSPS) is 14.9. The Hall–Kier alpha value is -2.99. The van der Waals surface area contributed by atoms with E-state index in [1.165, 1.54) is 16.5 Å². The Morgan fingerprint density at radius 3 is 2.65 bits per heavy atom. The molecule has 2 heterocycles. The summed E-state index contributed by atoms with van der Waals surface area (Å²) in [4.78, 5) is 31.1. The molecule has 0 fully saturated rings. The third-order valence-electron chi connectivity index (χ3n) is 5.71. The van der Waals surface area contributed by atoms with Gasteiger partial charge < -0.3 is 15.2 Å². The van der Waals surface area contributed by atoms with E-state index in [1.54, 1.807) is 23.9 Å². The molecule has 0 saturated heterocycles. The number of carbonyl (C=O) groups excluding carboxylic acids is 2. The minimum Gasteiger partial charge on any atom is -0.361 e. The van der Waals surface area contributed by atoms with Crippen LogP contribution in [0.3, 0.4) is 0 Å². The lowest BCUT2D eigenvalue weighted by molar-refractivity contribution is -0.132. The molecule has 0 aliphatic carbocycles. The molecule has 2 amide bonds. The van der Waals surface area contributed by atoms with Crippen molar-refractivity contribution in [3.05, 3.63) is 78.0 Å². The minimum absolute atomic E-state index is 0.00689. The molecule has 0 unspecified atom stereocenters. The number of aromatic nitrogens is 1. The van der Waals surface area contributed by atoms with Gasteiger partial charge in [-0.2, -0.15) is 11.8 Å². The standard InChI is InChI=1S/C25H27N3O2S/c1-31-16-13-23(27-24(29)19-7-3-2-4-8-19)25(30)28-14-11-18(12-15-28)21-17-26-22-10-6-5-9-20(21)22/h2-11,17,23,26H,12-16H2,1H3,(H,27,29)/t23-/m0/s1. The summed E-state index contributed by atoms with van der Waals surface area (Å²) in [5, 5.41) is 4.17. The summed E-state index contributed by atoms with van der Waals surface area (Å²) >= 11 is 1.68. The minimum atomic E-state index is -0.511. The number of thioether (sulfide) groups is 1. The number of amides is 2. The Bertz CT molecular complexity index is 1090. The molecule has 3 aromatic rings. The number of carbonyl (C=O) groups is 2. The van der Waals surface area contributed by atoms with Crippen LogP contribution in [0.15, 0.2) is 66.9 Å². The second-order valence-electron chi connectivity index (χ2n) is 7.69. The van der Waals surface area contributed by atoms with Crippen molar-refractivity contribution in [2.75, 3.05) is 25.1 Å². The molecule has 1 aliphatic rings. The molecular formula is C25H27N3O2S. The molecule has 5 nitrogen and oxygen atoms in total. The first-order valence-electron chi connectivity index (χ1n) is 10.6. The second kappa shape index (κ2) is 9.88. The summed E-state index contributed by atoms with van der Waals surface area (Å²) in [5.41, 5.74) is 4.16. The van der Waals surface area contributed by atoms with Crippen LogP contribution in [0.1, 0.15) is 28.8 Å². The summed E-state index contributed by atoms with van der Waals surface area (Å²) < 4.78 is 0. The summed E-state index contributed by atoms with van der Waals surface area (Å²) in [6, 6.07) is 16.8. The second-order valence-corrected chi connectivity index (χ2v) is 8.67. The summed E-state index contributed by atoms with van der Waals surface area (Å²) in [6.45, 7) is 1.21. The summed E-state index contributed by atoms with van der Waals surface area (Å²) in [5.74, 6) is 0.607. The van der Waals surface area contributed by atoms with Crippen molar-refractivity contribution in [3.8, 4) is 0 Å². The largest absolute Gasteiger partial charge is 0.361 e. The number of aromatic amines is 1. The highest BCUT2D eigenvalue weighted by atomic mass is 32.2. The first-order valence-corrected chi connectivity index (χ1v) is 12.0. The molecule has 0 spiro atoms. The summed E-state index contributed by atoms with van der Waals surface area (Å²) in [7, 11) is 0. The van der Waals surface area contributed by atoms with Crippen LogP contribution in [-0.4, -0.2) is 52.8 Å². The van der Waals surface area contributed by atoms with E-state index in [0.29, 0.717) is 25.1 Å². The number of hydrogen-bond acceptors (Lipinski definition) is 3. The first-order chi connectivity index (χ1) is 15.2. The van der Waals surface area contributed by atoms with Crippen molar-refractivity contribution in [2.24, 2.45) is 0 Å². The van der Waals surface area contributed by atoms with Gasteiger partial charge in [-0.25, -0.2) is 0 Å². The number of para-hydroxylation sites is 1. The Labute approximate surface area is 186 Å². The molecule has 0 radical (unpaired) electrons. The lowest BCUT2D eigenvalue weighted by atomic mass is 9.98. The Morgan fingerprint density at radius 2 is 1.90 bits per heavy atom. The number of fused-ring (bicyclic) bond motifs is 1. The number of benzene rings is 2. The van der Waals surface area contributed by atoms with Crippen molar-refractivity contribution < 1.29 is 9.59 Å². The van der Waals surface area contributed by atoms with Crippen LogP contribution in [0.4, 0.5) is 0 Å². The molecule has 1 atom stereocenters. The van der Waals surface area contributed by atoms with Gasteiger partial charge in [0, 0.05) is 41.3 Å². The highest BCUT2D eigenvalue weighted by molar-refractivity contribution is 7.98. The zero-order valence-electron chi connectivity index (χ0n) is 17.6. The first kappa shape index (κ1) is 21.2. The van der Waals surface area contributed by atoms with Gasteiger partial charge in [-0.15, -0.1) is 0 Å². The van der Waals surface area contributed by atoms with Gasteiger partial charge in [-0.3, -0.25) is 9.59 Å². The van der Waals surface area contributed by atoms with E-state index in [0.717, 1.165) is 17.7 Å². The smallest absolute Gasteiger partial charge is 0.251 e. The highest BCUT2D eigenvalue weighted by Crippen LogP contribution is 2.29. The quantitative estimate of drug-likeness (QED) is 0.583. The van der Waals surface area contributed by atoms with Gasteiger partial charge >= 0.3 is 0 Å². The van der Waals surface area contributed by atoms with Crippen LogP contribution in [0, 0.1) is 0 Å². The maximum absolute atomic E-state index is 13.2. The predicted octanol–water partition coefficient (Wildman–Crippen LogP) is 4.34. The molecule has 2 aromatic carbocycles. The molecule has 6 heteroatoms. The van der Waals surface area contributed by atoms with Gasteiger partial charge in [-0.1, -0.05) is 42.5 Å². The monoisotopic (exact) mass is 433 g/mol. The average molecular weight is 434 g/mol. The number of hydrogen-bond donors (Lipinski definition) is 2. The van der Waals surface area contributed by atoms with E-state index in [1.807, 2.05) is 41.5 Å². The molecule has 0 bridgehead atoms. The summed E-state index contributed by atoms with van der Waals surface area (Å²) in [6.07, 6.45) is 7.62. The van der Waals surface area contributed by atoms with Crippen LogP contribution in [-0.2, 0) is 4.79 Å². The van der Waals surface area contributed by atoms with Crippen LogP contribution in [0.25, 0.3) is 16.5 Å². The molecule has 1 aromatic heterocycles. The van der Waals surface area contributed by atoms with E-state index in [9.17, 15) is 9.59 Å². The molecule has 1 aliphatic heterocycles. The molecule has 4 rings (SSSR count). The number of H-pyrrole nitrogens is 1. The lowest BCUT2D eigenvalue weighted by Crippen LogP contribution is -2.49. The number of nitrogens with one attached hydrogen (secondary N) is 2. The van der Waals surface area contributed by atoms with E-state index in [4.69, 9.17) is 0 Å². The third-order valence-corrected chi connectivity index (χ3v) is 6.35. The maximum Gasteiger partial charge on any atom is 0.251 e. The molecular weight excluding hydrogens is 406 g/mol. The van der Waals surface area contributed by atoms with Crippen LogP contribution in [0.5, 0.6) is 0 Å². The van der Waals surface area contributed by atoms with Gasteiger partial charge in [0.15, 0.2) is 0 Å². The van der Waals surface area contributed by atoms with Crippen LogP contribution >= 0.6 is 11.8 Å². The molecule has 2 N–H and O–H groups in total. The maximum atomic E-state index is 13.2. The van der Waals surface area contributed by atoms with Crippen molar-refractivity contribution in [1.29, 1.82) is 0 Å². The van der Waals surface area contributed by atoms with Crippen LogP contribution < -0.4 is 5.32 Å². The Balaban J connectivity index is 1.46. The van der Waals surface area contributed by atoms with Crippen molar-refractivity contribution in [1.82, 2.24) is 15.2 Å². The van der Waals surface area contributed by atoms with E-state index in [2.05, 4.69) is 34.7 Å². The third kappa shape index (κ3) is 4.85. The number of rotatable bonds is 7. The van der Waals surface area contributed by atoms with E-state index >= 15 is 0 Å². The number of nitrogens with zero attached hydrogens (tertiary/aromatic N) is 1. The Morgan fingerprint density at radius 1 is 1.13 bits per heavy atom. The van der Waals surface area contributed by atoms with Gasteiger partial charge in [-0.05, 0) is 48.6 Å². The fourth-order valence-corrected chi connectivity index (χ4v) is 4.47. The van der Waals surface area contributed by atoms with E-state index in [-0.39, 0.29) is 11.8 Å². The van der Waals surface area contributed by atoms with E-state index < -0.39 is 6.04 Å². The zero-order valence-corrected chi connectivity index (χ0v) is 18.5. The molecule has 0 saturated carbocycles. The predicted molar refractivity (Wildman–Crippen MR) is 128 cm³/mol. The van der Waals surface area contributed by atoms with Gasteiger partial charge in [0.25, 0.3) is 5.91 Å².